The second-order valence-electron chi connectivity index (χ2n) is 6.15. The van der Waals surface area contributed by atoms with Crippen LogP contribution in [0.3, 0.4) is 0 Å². The first-order valence-corrected chi connectivity index (χ1v) is 8.88. The summed E-state index contributed by atoms with van der Waals surface area (Å²) >= 11 is 12.5. The molecule has 0 aliphatic carbocycles. The van der Waals surface area contributed by atoms with Crippen LogP contribution in [0.4, 0.5) is 4.79 Å². The molecular weight excluding hydrogens is 383 g/mol. The minimum Gasteiger partial charge on any atom is -0.496 e. The zero-order valence-corrected chi connectivity index (χ0v) is 16.3. The van der Waals surface area contributed by atoms with Gasteiger partial charge in [0, 0.05) is 30.6 Å². The Hall–Kier alpha value is -1.70. The predicted molar refractivity (Wildman–Crippen MR) is 98.4 cm³/mol. The molecule has 0 saturated carbocycles. The molecule has 144 valence electrons. The third-order valence-electron chi connectivity index (χ3n) is 4.60. The molecule has 1 fully saturated rings. The van der Waals surface area contributed by atoms with Gasteiger partial charge in [0.1, 0.15) is 11.8 Å². The Morgan fingerprint density at radius 3 is 2.65 bits per heavy atom. The molecule has 0 radical (unpaired) electrons. The Labute approximate surface area is 162 Å². The number of ether oxygens (including phenoxy) is 2. The van der Waals surface area contributed by atoms with E-state index in [9.17, 15) is 14.7 Å². The maximum Gasteiger partial charge on any atom is 0.407 e. The van der Waals surface area contributed by atoms with Gasteiger partial charge in [-0.1, -0.05) is 23.2 Å². The second-order valence-corrected chi connectivity index (χ2v) is 6.94. The number of nitrogens with one attached hydrogen (secondary N) is 1. The van der Waals surface area contributed by atoms with Crippen LogP contribution in [0.5, 0.6) is 5.75 Å². The monoisotopic (exact) mass is 404 g/mol. The molecule has 1 unspecified atom stereocenters. The Bertz CT molecular complexity index is 685. The average Bonchev–Trinajstić information content (AvgIpc) is 3.05. The van der Waals surface area contributed by atoms with Gasteiger partial charge in [-0.15, -0.1) is 0 Å². The van der Waals surface area contributed by atoms with E-state index in [1.54, 1.807) is 19.1 Å². The number of nitrogens with zero attached hydrogens (tertiary/aromatic N) is 1. The van der Waals surface area contributed by atoms with Gasteiger partial charge in [0.2, 0.25) is 0 Å². The summed E-state index contributed by atoms with van der Waals surface area (Å²) in [6, 6.07) is 2.52. The van der Waals surface area contributed by atoms with Gasteiger partial charge < -0.3 is 24.8 Å². The lowest BCUT2D eigenvalue weighted by atomic mass is 9.95. The van der Waals surface area contributed by atoms with Gasteiger partial charge in [0.15, 0.2) is 0 Å². The van der Waals surface area contributed by atoms with Gasteiger partial charge in [-0.3, -0.25) is 4.79 Å². The van der Waals surface area contributed by atoms with E-state index >= 15 is 0 Å². The maximum atomic E-state index is 11.6. The molecule has 0 spiro atoms. The quantitative estimate of drug-likeness (QED) is 0.708. The SMILES string of the molecule is COC(=O)C(C)NC[C@@H]1C[C@H](c2c(OC)ccc(Cl)c2Cl)CN1C(=O)O. The topological polar surface area (TPSA) is 88.1 Å². The average molecular weight is 405 g/mol. The van der Waals surface area contributed by atoms with Crippen molar-refractivity contribution in [3.8, 4) is 5.75 Å². The number of likely N-dealkylation sites (tertiary alicyclic amines) is 1. The van der Waals surface area contributed by atoms with Gasteiger partial charge in [0.05, 0.1) is 24.3 Å². The third-order valence-corrected chi connectivity index (χ3v) is 5.41. The van der Waals surface area contributed by atoms with Crippen molar-refractivity contribution in [3.05, 3.63) is 27.7 Å². The summed E-state index contributed by atoms with van der Waals surface area (Å²) in [5, 5.41) is 13.3. The van der Waals surface area contributed by atoms with Crippen molar-refractivity contribution in [1.82, 2.24) is 10.2 Å². The fourth-order valence-electron chi connectivity index (χ4n) is 3.23. The first-order valence-electron chi connectivity index (χ1n) is 8.12. The minimum absolute atomic E-state index is 0.160. The van der Waals surface area contributed by atoms with Crippen LogP contribution >= 0.6 is 23.2 Å². The molecule has 2 N–H and O–H groups in total. The maximum absolute atomic E-state index is 11.6. The van der Waals surface area contributed by atoms with E-state index in [4.69, 9.17) is 27.9 Å². The smallest absolute Gasteiger partial charge is 0.407 e. The standard InChI is InChI=1S/C17H22Cl2N2O5/c1-9(16(22)26-3)20-7-11-6-10(8-21(11)17(23)24)14-13(25-2)5-4-12(18)15(14)19/h4-5,9-11,20H,6-8H2,1-3H3,(H,23,24)/t9?,10-,11-/m0/s1. The van der Waals surface area contributed by atoms with E-state index in [0.717, 1.165) is 0 Å². The molecule has 1 saturated heterocycles. The minimum atomic E-state index is -1.03. The molecule has 26 heavy (non-hydrogen) atoms. The van der Waals surface area contributed by atoms with Crippen LogP contribution in [-0.2, 0) is 9.53 Å². The number of methoxy groups -OCH3 is 2. The highest BCUT2D eigenvalue weighted by atomic mass is 35.5. The van der Waals surface area contributed by atoms with Gasteiger partial charge in [-0.25, -0.2) is 4.79 Å². The van der Waals surface area contributed by atoms with Crippen molar-refractivity contribution < 1.29 is 24.2 Å². The number of halogens is 2. The fraction of sp³-hybridized carbons (Fsp3) is 0.529. The van der Waals surface area contributed by atoms with E-state index < -0.39 is 18.1 Å². The van der Waals surface area contributed by atoms with Gasteiger partial charge in [-0.2, -0.15) is 0 Å². The highest BCUT2D eigenvalue weighted by Crippen LogP contribution is 2.43. The van der Waals surface area contributed by atoms with Crippen LogP contribution < -0.4 is 10.1 Å². The number of carbonyl (C=O) groups excluding carboxylic acids is 1. The molecule has 3 atom stereocenters. The summed E-state index contributed by atoms with van der Waals surface area (Å²) in [4.78, 5) is 24.5. The number of benzene rings is 1. The number of carbonyl (C=O) groups is 2. The van der Waals surface area contributed by atoms with Crippen molar-refractivity contribution in [2.45, 2.75) is 31.3 Å². The normalized spacial score (nSPS) is 20.7. The van der Waals surface area contributed by atoms with Gasteiger partial charge >= 0.3 is 12.1 Å². The highest BCUT2D eigenvalue weighted by molar-refractivity contribution is 6.42. The number of esters is 1. The molecule has 2 rings (SSSR count). The molecule has 9 heteroatoms. The van der Waals surface area contributed by atoms with E-state index in [0.29, 0.717) is 34.3 Å². The molecule has 1 heterocycles. The van der Waals surface area contributed by atoms with E-state index in [1.165, 1.54) is 19.1 Å². The number of rotatable bonds is 6. The largest absolute Gasteiger partial charge is 0.496 e. The van der Waals surface area contributed by atoms with Gasteiger partial charge in [-0.05, 0) is 25.5 Å². The fourth-order valence-corrected chi connectivity index (χ4v) is 3.71. The molecule has 1 aliphatic rings. The summed E-state index contributed by atoms with van der Waals surface area (Å²) in [5.41, 5.74) is 0.705. The molecule has 7 nitrogen and oxygen atoms in total. The molecule has 1 amide bonds. The molecule has 1 aromatic carbocycles. The van der Waals surface area contributed by atoms with Crippen LogP contribution in [0.25, 0.3) is 0 Å². The van der Waals surface area contributed by atoms with Crippen LogP contribution in [-0.4, -0.2) is 61.5 Å². The number of carboxylic acid groups (broad SMARTS) is 1. The molecule has 1 aromatic rings. The first kappa shape index (κ1) is 20.6. The number of hydrogen-bond donors (Lipinski definition) is 2. The van der Waals surface area contributed by atoms with Crippen LogP contribution in [0, 0.1) is 0 Å². The first-order chi connectivity index (χ1) is 12.3. The summed E-state index contributed by atoms with van der Waals surface area (Å²) < 4.78 is 10.1. The summed E-state index contributed by atoms with van der Waals surface area (Å²) in [7, 11) is 2.84. The molecular formula is C17H22Cl2N2O5. The lowest BCUT2D eigenvalue weighted by Crippen LogP contribution is -2.45. The van der Waals surface area contributed by atoms with Crippen molar-refractivity contribution in [2.75, 3.05) is 27.3 Å². The Morgan fingerprint density at radius 2 is 2.08 bits per heavy atom. The van der Waals surface area contributed by atoms with Crippen molar-refractivity contribution >= 4 is 35.3 Å². The van der Waals surface area contributed by atoms with Crippen molar-refractivity contribution in [1.29, 1.82) is 0 Å². The summed E-state index contributed by atoms with van der Waals surface area (Å²) in [5.74, 6) is 0.0136. The lowest BCUT2D eigenvalue weighted by molar-refractivity contribution is -0.142. The Balaban J connectivity index is 2.20. The van der Waals surface area contributed by atoms with E-state index in [2.05, 4.69) is 10.1 Å². The van der Waals surface area contributed by atoms with Crippen molar-refractivity contribution in [3.63, 3.8) is 0 Å². The summed E-state index contributed by atoms with van der Waals surface area (Å²) in [6.45, 7) is 2.25. The number of hydrogen-bond acceptors (Lipinski definition) is 5. The molecule has 0 bridgehead atoms. The Morgan fingerprint density at radius 1 is 1.38 bits per heavy atom. The van der Waals surface area contributed by atoms with E-state index in [1.807, 2.05) is 0 Å². The third kappa shape index (κ3) is 4.34. The second kappa shape index (κ2) is 8.79. The van der Waals surface area contributed by atoms with Crippen LogP contribution in [0.2, 0.25) is 10.0 Å². The molecule has 0 aromatic heterocycles. The zero-order valence-electron chi connectivity index (χ0n) is 14.8. The van der Waals surface area contributed by atoms with Crippen LogP contribution in [0.15, 0.2) is 12.1 Å². The Kier molecular flexibility index (Phi) is 6.97. The zero-order chi connectivity index (χ0) is 19.4. The molecule has 1 aliphatic heterocycles. The van der Waals surface area contributed by atoms with Gasteiger partial charge in [0.25, 0.3) is 0 Å². The van der Waals surface area contributed by atoms with Crippen molar-refractivity contribution in [2.24, 2.45) is 0 Å². The lowest BCUT2D eigenvalue weighted by Gasteiger charge is -2.23. The predicted octanol–water partition coefficient (Wildman–Crippen LogP) is 2.99. The summed E-state index contributed by atoms with van der Waals surface area (Å²) in [6.07, 6.45) is -0.494. The number of amides is 1. The highest BCUT2D eigenvalue weighted by Gasteiger charge is 2.38. The van der Waals surface area contributed by atoms with Crippen LogP contribution in [0.1, 0.15) is 24.8 Å². The van der Waals surface area contributed by atoms with E-state index in [-0.39, 0.29) is 18.5 Å².